The van der Waals surface area contributed by atoms with Crippen LogP contribution in [0.4, 0.5) is 0 Å². The van der Waals surface area contributed by atoms with E-state index in [0.717, 1.165) is 56.6 Å². The Labute approximate surface area is 323 Å². The first-order valence-corrected chi connectivity index (χ1v) is 19.4. The average molecular weight is 755 g/mol. The van der Waals surface area contributed by atoms with Gasteiger partial charge in [-0.05, 0) is 114 Å². The van der Waals surface area contributed by atoms with Gasteiger partial charge in [-0.2, -0.15) is 5.10 Å². The largest absolute Gasteiger partial charge is 0.465 e. The topological polar surface area (TPSA) is 136 Å². The first-order valence-electron chi connectivity index (χ1n) is 19.4. The Morgan fingerprint density at radius 1 is 0.792 bits per heavy atom. The second-order valence-electron chi connectivity index (χ2n) is 13.7. The van der Waals surface area contributed by atoms with E-state index in [1.54, 1.807) is 21.0 Å². The summed E-state index contributed by atoms with van der Waals surface area (Å²) in [5, 5.41) is 7.79. The van der Waals surface area contributed by atoms with E-state index in [9.17, 15) is 19.2 Å². The number of oxime groups is 1. The zero-order chi connectivity index (χ0) is 41.5. The Hall–Kier alpha value is -3.48. The van der Waals surface area contributed by atoms with Gasteiger partial charge in [0.25, 0.3) is 0 Å². The number of amides is 2. The van der Waals surface area contributed by atoms with Crippen LogP contribution in [0.15, 0.2) is 11.2 Å². The average Bonchev–Trinajstić information content (AvgIpc) is 3.22. The van der Waals surface area contributed by atoms with Gasteiger partial charge in [0.15, 0.2) is 5.92 Å². The molecule has 0 radical (unpaired) electrons. The minimum atomic E-state index is -0.815. The fourth-order valence-corrected chi connectivity index (χ4v) is 4.42. The predicted molar refractivity (Wildman–Crippen MR) is 216 cm³/mol. The van der Waals surface area contributed by atoms with E-state index < -0.39 is 17.9 Å². The number of rotatable bonds is 8. The summed E-state index contributed by atoms with van der Waals surface area (Å²) in [4.78, 5) is 54.2. The van der Waals surface area contributed by atoms with Crippen LogP contribution in [-0.2, 0) is 40.5 Å². The van der Waals surface area contributed by atoms with Crippen molar-refractivity contribution < 1.29 is 33.5 Å². The number of hydrogen-bond donors (Lipinski definition) is 0. The molecule has 13 heteroatoms. The predicted octanol–water partition coefficient (Wildman–Crippen LogP) is 6.98. The molecule has 0 aromatic carbocycles. The third kappa shape index (κ3) is 29.6. The highest BCUT2D eigenvalue weighted by atomic mass is 16.6. The Morgan fingerprint density at radius 3 is 1.43 bits per heavy atom. The van der Waals surface area contributed by atoms with Crippen LogP contribution >= 0.6 is 0 Å². The van der Waals surface area contributed by atoms with E-state index in [-0.39, 0.29) is 13.2 Å². The second kappa shape index (κ2) is 33.1. The summed E-state index contributed by atoms with van der Waals surface area (Å²) in [5.74, 6) is -1.25. The zero-order valence-electron chi connectivity index (χ0n) is 36.5. The molecule has 310 valence electrons. The number of likely N-dealkylation sites (tertiary alicyclic amines) is 2. The number of nitrogens with zero attached hydrogens (tertiary/aromatic N) is 6. The first-order chi connectivity index (χ1) is 24.8. The van der Waals surface area contributed by atoms with Crippen LogP contribution in [0, 0.1) is 19.8 Å². The number of esters is 2. The molecule has 2 fully saturated rings. The maximum atomic E-state index is 10.9. The van der Waals surface area contributed by atoms with Crippen molar-refractivity contribution >= 4 is 29.5 Å². The van der Waals surface area contributed by atoms with E-state index >= 15 is 0 Å². The number of aromatic nitrogens is 2. The molecule has 0 N–H and O–H groups in total. The van der Waals surface area contributed by atoms with Gasteiger partial charge < -0.3 is 29.0 Å². The fourth-order valence-electron chi connectivity index (χ4n) is 4.42. The molecule has 0 spiro atoms. The lowest BCUT2D eigenvalue weighted by atomic mass is 10.2. The highest BCUT2D eigenvalue weighted by Gasteiger charge is 2.23. The maximum Gasteiger partial charge on any atom is 0.320 e. The molecule has 2 aliphatic rings. The highest BCUT2D eigenvalue weighted by molar-refractivity contribution is 5.94. The van der Waals surface area contributed by atoms with Crippen LogP contribution in [0.5, 0.6) is 0 Å². The van der Waals surface area contributed by atoms with Crippen LogP contribution in [0.3, 0.4) is 0 Å². The van der Waals surface area contributed by atoms with Gasteiger partial charge in [0.05, 0.1) is 24.6 Å². The van der Waals surface area contributed by atoms with Crippen molar-refractivity contribution in [3.8, 4) is 0 Å². The molecule has 0 aliphatic carbocycles. The van der Waals surface area contributed by atoms with E-state index in [0.29, 0.717) is 23.9 Å². The molecule has 1 aromatic rings. The molecule has 53 heavy (non-hydrogen) atoms. The second-order valence-corrected chi connectivity index (χ2v) is 13.7. The minimum absolute atomic E-state index is 0.280. The van der Waals surface area contributed by atoms with Crippen molar-refractivity contribution in [1.29, 1.82) is 0 Å². The smallest absolute Gasteiger partial charge is 0.320 e. The van der Waals surface area contributed by atoms with Crippen molar-refractivity contribution in [3.05, 3.63) is 17.5 Å². The molecule has 1 aromatic heterocycles. The van der Waals surface area contributed by atoms with Crippen molar-refractivity contribution in [2.75, 3.05) is 54.6 Å². The molecular weight excluding hydrogens is 676 g/mol. The van der Waals surface area contributed by atoms with Gasteiger partial charge in [-0.15, -0.1) is 0 Å². The van der Waals surface area contributed by atoms with Crippen LogP contribution in [-0.4, -0.2) is 121 Å². The van der Waals surface area contributed by atoms with Gasteiger partial charge in [-0.25, -0.2) is 0 Å². The molecule has 2 aliphatic heterocycles. The summed E-state index contributed by atoms with van der Waals surface area (Å²) in [6.07, 6.45) is 9.46. The van der Waals surface area contributed by atoms with Crippen molar-refractivity contribution in [1.82, 2.24) is 24.5 Å². The molecule has 3 heterocycles. The Morgan fingerprint density at radius 2 is 1.21 bits per heavy atom. The summed E-state index contributed by atoms with van der Waals surface area (Å²) in [6.45, 7) is 24.2. The molecule has 2 saturated heterocycles. The third-order valence-corrected chi connectivity index (χ3v) is 8.52. The van der Waals surface area contributed by atoms with Gasteiger partial charge in [0, 0.05) is 64.9 Å². The quantitative estimate of drug-likeness (QED) is 0.119. The number of hydrogen-bond acceptors (Lipinski definition) is 10. The van der Waals surface area contributed by atoms with Gasteiger partial charge in [0.2, 0.25) is 11.8 Å². The van der Waals surface area contributed by atoms with Crippen LogP contribution in [0.1, 0.15) is 131 Å². The van der Waals surface area contributed by atoms with Crippen LogP contribution < -0.4 is 0 Å². The fraction of sp³-hybridized carbons (Fsp3) is 0.800. The number of aryl methyl sites for hydroxylation is 3. The van der Waals surface area contributed by atoms with Gasteiger partial charge in [-0.1, -0.05) is 24.9 Å². The molecule has 0 unspecified atom stereocenters. The lowest BCUT2D eigenvalue weighted by Crippen LogP contribution is -2.32. The molecule has 2 amide bonds. The lowest BCUT2D eigenvalue weighted by molar-refractivity contribution is -0.160. The highest BCUT2D eigenvalue weighted by Crippen LogP contribution is 2.09. The number of carbonyl (C=O) groups is 4. The molecular formula is C40H78N6O7. The summed E-state index contributed by atoms with van der Waals surface area (Å²) >= 11 is 0. The van der Waals surface area contributed by atoms with Crippen molar-refractivity contribution in [2.24, 2.45) is 18.1 Å². The normalized spacial score (nSPS) is 14.5. The van der Waals surface area contributed by atoms with E-state index in [4.69, 9.17) is 0 Å². The van der Waals surface area contributed by atoms with E-state index in [1.807, 2.05) is 63.3 Å². The summed E-state index contributed by atoms with van der Waals surface area (Å²) in [7, 11) is 9.41. The zero-order valence-corrected chi connectivity index (χ0v) is 36.5. The van der Waals surface area contributed by atoms with Crippen molar-refractivity contribution in [2.45, 2.75) is 146 Å². The third-order valence-electron chi connectivity index (χ3n) is 8.52. The van der Waals surface area contributed by atoms with Gasteiger partial charge >= 0.3 is 11.9 Å². The number of ether oxygens (including phenoxy) is 2. The maximum absolute atomic E-state index is 10.9. The van der Waals surface area contributed by atoms with Gasteiger partial charge in [0.1, 0.15) is 7.11 Å². The van der Waals surface area contributed by atoms with E-state index in [2.05, 4.69) is 70.3 Å². The molecule has 0 saturated carbocycles. The summed E-state index contributed by atoms with van der Waals surface area (Å²) < 4.78 is 11.1. The Bertz CT molecular complexity index is 1080. The van der Waals surface area contributed by atoms with E-state index in [1.165, 1.54) is 38.3 Å². The van der Waals surface area contributed by atoms with Crippen LogP contribution in [0.2, 0.25) is 0 Å². The first kappa shape index (κ1) is 53.9. The monoisotopic (exact) mass is 755 g/mol. The Kier molecular flexibility index (Phi) is 33.7. The molecule has 3 rings (SSSR count). The SMILES string of the molecule is CC(C)N(C)C(C)C.CC/C(C)=N/OC.CCOC(=O)C(C)C(=O)OCC.CN1CCCCCC1=O.CN1CCCCCC1=O.Cc1cc(C)n(C)n1. The van der Waals surface area contributed by atoms with Crippen LogP contribution in [0.25, 0.3) is 0 Å². The number of carbonyl (C=O) groups excluding carboxylic acids is 4. The standard InChI is InChI=1S/C8H14O4.2C7H13NO.C7H17N.C6H10N2.C5H11NO/c1-4-11-7(9)6(3)8(10)12-5-2;2*1-8-6-4-2-3-5-7(8)9;1-6(2)8(5)7(3)4;1-5-4-6(2)8(3)7-5;1-4-5(2)6-7-3/h6H,4-5H2,1-3H3;2*2-6H2,1H3;6-7H,1-5H3;4H,1-3H3;4H2,1-3H3/b;;;;;6-5+. The minimum Gasteiger partial charge on any atom is -0.465 e. The lowest BCUT2D eigenvalue weighted by Gasteiger charge is -2.24. The van der Waals surface area contributed by atoms with Crippen molar-refractivity contribution in [3.63, 3.8) is 0 Å². The summed E-state index contributed by atoms with van der Waals surface area (Å²) in [5.41, 5.74) is 3.33. The molecule has 13 nitrogen and oxygen atoms in total. The summed E-state index contributed by atoms with van der Waals surface area (Å²) in [6, 6.07) is 3.41. The molecule has 0 bridgehead atoms. The van der Waals surface area contributed by atoms with Gasteiger partial charge in [-0.3, -0.25) is 23.9 Å². The Balaban J connectivity index is -0.000000571. The molecule has 0 atom stereocenters.